The Kier molecular flexibility index (Phi) is 3.62. The Morgan fingerprint density at radius 1 is 1.50 bits per heavy atom. The van der Waals surface area contributed by atoms with Crippen molar-refractivity contribution in [2.24, 2.45) is 5.73 Å². The molecule has 0 aliphatic rings. The summed E-state index contributed by atoms with van der Waals surface area (Å²) in [7, 11) is 0. The highest BCUT2D eigenvalue weighted by molar-refractivity contribution is 5.77. The summed E-state index contributed by atoms with van der Waals surface area (Å²) in [5, 5.41) is 8.77. The van der Waals surface area contributed by atoms with Crippen LogP contribution in [-0.2, 0) is 11.4 Å². The Morgan fingerprint density at radius 3 is 2.50 bits per heavy atom. The van der Waals surface area contributed by atoms with E-state index in [9.17, 15) is 4.79 Å². The zero-order valence-corrected chi connectivity index (χ0v) is 7.93. The van der Waals surface area contributed by atoms with Gasteiger partial charge in [-0.1, -0.05) is 12.1 Å². The van der Waals surface area contributed by atoms with Gasteiger partial charge in [-0.25, -0.2) is 4.79 Å². The summed E-state index contributed by atoms with van der Waals surface area (Å²) in [5.41, 5.74) is 6.09. The molecule has 0 heterocycles. The molecule has 0 fully saturated rings. The summed E-state index contributed by atoms with van der Waals surface area (Å²) in [4.78, 5) is 11.1. The molecule has 1 aromatic rings. The molecule has 0 saturated carbocycles. The number of nitrogens with two attached hydrogens (primary N) is 1. The topological polar surface area (TPSA) is 72.6 Å². The molecule has 0 aliphatic carbocycles. The number of benzene rings is 1. The van der Waals surface area contributed by atoms with E-state index in [1.807, 2.05) is 0 Å². The molecule has 1 rings (SSSR count). The molecule has 4 nitrogen and oxygen atoms in total. The van der Waals surface area contributed by atoms with Crippen LogP contribution in [0, 0.1) is 0 Å². The number of hydrogen-bond acceptors (Lipinski definition) is 4. The maximum Gasteiger partial charge on any atom is 0.328 e. The summed E-state index contributed by atoms with van der Waals surface area (Å²) in [5.74, 6) is -0.0359. The third-order valence-corrected chi connectivity index (χ3v) is 1.70. The predicted octanol–water partition coefficient (Wildman–Crippen LogP) is 0.432. The molecule has 1 unspecified atom stereocenters. The predicted molar refractivity (Wildman–Crippen MR) is 51.6 cm³/mol. The summed E-state index contributed by atoms with van der Waals surface area (Å²) >= 11 is 0. The molecule has 76 valence electrons. The van der Waals surface area contributed by atoms with E-state index >= 15 is 0 Å². The number of aliphatic hydroxyl groups excluding tert-OH is 1. The maximum absolute atomic E-state index is 11.1. The normalized spacial score (nSPS) is 12.2. The minimum Gasteiger partial charge on any atom is -0.425 e. The second-order valence-electron chi connectivity index (χ2n) is 3.01. The Morgan fingerprint density at radius 2 is 2.07 bits per heavy atom. The van der Waals surface area contributed by atoms with Gasteiger partial charge in [0, 0.05) is 0 Å². The smallest absolute Gasteiger partial charge is 0.328 e. The number of hydrogen-bond donors (Lipinski definition) is 2. The van der Waals surface area contributed by atoms with Crippen molar-refractivity contribution in [2.75, 3.05) is 0 Å². The summed E-state index contributed by atoms with van der Waals surface area (Å²) in [6.45, 7) is 1.53. The van der Waals surface area contributed by atoms with E-state index in [-0.39, 0.29) is 6.61 Å². The van der Waals surface area contributed by atoms with Gasteiger partial charge in [-0.05, 0) is 24.6 Å². The van der Waals surface area contributed by atoms with Crippen molar-refractivity contribution >= 4 is 5.97 Å². The highest BCUT2D eigenvalue weighted by Gasteiger charge is 2.09. The molecule has 3 N–H and O–H groups in total. The van der Waals surface area contributed by atoms with Crippen LogP contribution in [0.2, 0.25) is 0 Å². The molecule has 0 radical (unpaired) electrons. The molecular weight excluding hydrogens is 182 g/mol. The molecule has 0 saturated heterocycles. The largest absolute Gasteiger partial charge is 0.425 e. The van der Waals surface area contributed by atoms with Crippen LogP contribution in [-0.4, -0.2) is 17.1 Å². The monoisotopic (exact) mass is 195 g/mol. The molecule has 1 atom stereocenters. The number of esters is 1. The third-order valence-electron chi connectivity index (χ3n) is 1.70. The third kappa shape index (κ3) is 2.83. The molecule has 14 heavy (non-hydrogen) atoms. The van der Waals surface area contributed by atoms with Crippen LogP contribution >= 0.6 is 0 Å². The first-order valence-corrected chi connectivity index (χ1v) is 4.30. The van der Waals surface area contributed by atoms with Gasteiger partial charge in [0.1, 0.15) is 11.8 Å². The van der Waals surface area contributed by atoms with Crippen molar-refractivity contribution in [1.82, 2.24) is 0 Å². The lowest BCUT2D eigenvalue weighted by molar-refractivity contribution is -0.135. The first-order chi connectivity index (χ1) is 6.63. The van der Waals surface area contributed by atoms with E-state index in [2.05, 4.69) is 0 Å². The van der Waals surface area contributed by atoms with Crippen LogP contribution in [0.15, 0.2) is 24.3 Å². The van der Waals surface area contributed by atoms with Crippen LogP contribution in [0.5, 0.6) is 5.75 Å². The molecule has 4 heteroatoms. The first-order valence-electron chi connectivity index (χ1n) is 4.30. The van der Waals surface area contributed by atoms with Crippen molar-refractivity contribution in [1.29, 1.82) is 0 Å². The quantitative estimate of drug-likeness (QED) is 0.542. The van der Waals surface area contributed by atoms with E-state index in [0.717, 1.165) is 5.56 Å². The van der Waals surface area contributed by atoms with Gasteiger partial charge in [0.15, 0.2) is 0 Å². The van der Waals surface area contributed by atoms with E-state index in [4.69, 9.17) is 15.6 Å². The molecular formula is C10H13NO3. The van der Waals surface area contributed by atoms with Crippen LogP contribution in [0.4, 0.5) is 0 Å². The number of aliphatic hydroxyl groups is 1. The average Bonchev–Trinajstić information content (AvgIpc) is 2.19. The molecule has 0 bridgehead atoms. The van der Waals surface area contributed by atoms with Crippen LogP contribution in [0.3, 0.4) is 0 Å². The number of ether oxygens (including phenoxy) is 1. The van der Waals surface area contributed by atoms with Gasteiger partial charge in [0.25, 0.3) is 0 Å². The van der Waals surface area contributed by atoms with Crippen molar-refractivity contribution in [2.45, 2.75) is 19.6 Å². The van der Waals surface area contributed by atoms with Gasteiger partial charge in [0.05, 0.1) is 6.61 Å². The molecule has 0 aromatic heterocycles. The van der Waals surface area contributed by atoms with Gasteiger partial charge < -0.3 is 15.6 Å². The second-order valence-corrected chi connectivity index (χ2v) is 3.01. The SMILES string of the molecule is CC(N)C(=O)Oc1ccc(CO)cc1. The van der Waals surface area contributed by atoms with Gasteiger partial charge >= 0.3 is 5.97 Å². The molecule has 0 aliphatic heterocycles. The fraction of sp³-hybridized carbons (Fsp3) is 0.300. The minimum atomic E-state index is -0.632. The second kappa shape index (κ2) is 4.74. The maximum atomic E-state index is 11.1. The highest BCUT2D eigenvalue weighted by Crippen LogP contribution is 2.12. The summed E-state index contributed by atoms with van der Waals surface area (Å²) in [6.07, 6.45) is 0. The van der Waals surface area contributed by atoms with Crippen molar-refractivity contribution in [3.63, 3.8) is 0 Å². The van der Waals surface area contributed by atoms with Crippen LogP contribution in [0.1, 0.15) is 12.5 Å². The van der Waals surface area contributed by atoms with E-state index < -0.39 is 12.0 Å². The zero-order chi connectivity index (χ0) is 10.6. The van der Waals surface area contributed by atoms with Crippen molar-refractivity contribution < 1.29 is 14.6 Å². The zero-order valence-electron chi connectivity index (χ0n) is 7.93. The Balaban J connectivity index is 2.64. The van der Waals surface area contributed by atoms with Crippen LogP contribution < -0.4 is 10.5 Å². The Labute approximate surface area is 82.3 Å². The van der Waals surface area contributed by atoms with Crippen LogP contribution in [0.25, 0.3) is 0 Å². The molecule has 1 aromatic carbocycles. The lowest BCUT2D eigenvalue weighted by Crippen LogP contribution is -2.30. The minimum absolute atomic E-state index is 0.0263. The number of carbonyl (C=O) groups is 1. The number of rotatable bonds is 3. The standard InChI is InChI=1S/C10H13NO3/c1-7(11)10(13)14-9-4-2-8(6-12)3-5-9/h2-5,7,12H,6,11H2,1H3. The van der Waals surface area contributed by atoms with Crippen molar-refractivity contribution in [3.05, 3.63) is 29.8 Å². The number of carbonyl (C=O) groups excluding carboxylic acids is 1. The summed E-state index contributed by atoms with van der Waals surface area (Å²) in [6, 6.07) is 5.97. The average molecular weight is 195 g/mol. The fourth-order valence-corrected chi connectivity index (χ4v) is 0.872. The van der Waals surface area contributed by atoms with Gasteiger partial charge in [-0.15, -0.1) is 0 Å². The first kappa shape index (κ1) is 10.7. The van der Waals surface area contributed by atoms with Gasteiger partial charge in [0.2, 0.25) is 0 Å². The van der Waals surface area contributed by atoms with E-state index in [0.29, 0.717) is 5.75 Å². The fourth-order valence-electron chi connectivity index (χ4n) is 0.872. The lowest BCUT2D eigenvalue weighted by Gasteiger charge is -2.06. The Hall–Kier alpha value is -1.39. The lowest BCUT2D eigenvalue weighted by atomic mass is 10.2. The van der Waals surface area contributed by atoms with Crippen molar-refractivity contribution in [3.8, 4) is 5.75 Å². The Bertz CT molecular complexity index is 306. The molecule has 0 spiro atoms. The highest BCUT2D eigenvalue weighted by atomic mass is 16.5. The van der Waals surface area contributed by atoms with Gasteiger partial charge in [-0.2, -0.15) is 0 Å². The van der Waals surface area contributed by atoms with E-state index in [1.165, 1.54) is 0 Å². The summed E-state index contributed by atoms with van der Waals surface area (Å²) < 4.78 is 4.93. The van der Waals surface area contributed by atoms with E-state index in [1.54, 1.807) is 31.2 Å². The molecule has 0 amide bonds. The van der Waals surface area contributed by atoms with Gasteiger partial charge in [-0.3, -0.25) is 0 Å².